The fourth-order valence-corrected chi connectivity index (χ4v) is 10.5. The van der Waals surface area contributed by atoms with Gasteiger partial charge < -0.3 is 30.7 Å². The minimum atomic E-state index is -1.07. The maximum absolute atomic E-state index is 14.2. The fraction of sp³-hybridized carbons (Fsp3) is 0.367. The van der Waals surface area contributed by atoms with Crippen LogP contribution in [0.25, 0.3) is 15.4 Å². The molecule has 0 aliphatic carbocycles. The SMILES string of the molecule is Cc1ncsc1-c1ccc(CNC(=O)[C@@H]2C[C@@H](O)CN2C(=O)[C@@H](NC(=O)c2cccc(OCCNC(=O)CC3N=C(c4ccc(Cl)cc4)c4c(sc(C)c4C)-n4c(C)nnc43)n2)C(C)(C)C)cc1. The zero-order chi connectivity index (χ0) is 48.4. The smallest absolute Gasteiger partial charge is 0.270 e. The Morgan fingerprint density at radius 2 is 1.69 bits per heavy atom. The number of aliphatic imine (C=N–C) groups is 1. The molecule has 16 nitrogen and oxygen atoms in total. The molecule has 4 N–H and O–H groups in total. The number of carbonyl (C=O) groups excluding carboxylic acids is 4. The molecule has 6 aromatic rings. The van der Waals surface area contributed by atoms with Crippen LogP contribution < -0.4 is 20.7 Å². The van der Waals surface area contributed by atoms with E-state index in [9.17, 15) is 24.3 Å². The molecule has 1 saturated heterocycles. The molecule has 354 valence electrons. The van der Waals surface area contributed by atoms with Crippen molar-refractivity contribution in [3.05, 3.63) is 127 Å². The number of pyridine rings is 1. The second kappa shape index (κ2) is 20.1. The Bertz CT molecular complexity index is 2890. The largest absolute Gasteiger partial charge is 0.476 e. The fourth-order valence-electron chi connectivity index (χ4n) is 8.33. The third-order valence-electron chi connectivity index (χ3n) is 12.0. The third-order valence-corrected chi connectivity index (χ3v) is 14.5. The second-order valence-electron chi connectivity index (χ2n) is 18.0. The molecule has 0 spiro atoms. The van der Waals surface area contributed by atoms with Gasteiger partial charge in [-0.2, -0.15) is 0 Å². The van der Waals surface area contributed by atoms with Crippen LogP contribution in [0, 0.1) is 33.1 Å². The number of thiophene rings is 1. The topological polar surface area (TPSA) is 206 Å². The van der Waals surface area contributed by atoms with Crippen LogP contribution in [0.4, 0.5) is 0 Å². The van der Waals surface area contributed by atoms with Crippen LogP contribution >= 0.6 is 34.3 Å². The maximum Gasteiger partial charge on any atom is 0.270 e. The minimum absolute atomic E-state index is 0.00178. The van der Waals surface area contributed by atoms with Crippen molar-refractivity contribution >= 4 is 63.6 Å². The molecule has 0 saturated carbocycles. The summed E-state index contributed by atoms with van der Waals surface area (Å²) < 4.78 is 7.86. The molecule has 19 heteroatoms. The Balaban J connectivity index is 0.874. The van der Waals surface area contributed by atoms with E-state index in [2.05, 4.69) is 50.0 Å². The van der Waals surface area contributed by atoms with E-state index in [1.54, 1.807) is 40.3 Å². The van der Waals surface area contributed by atoms with Gasteiger partial charge in [-0.3, -0.25) is 28.7 Å². The lowest BCUT2D eigenvalue weighted by molar-refractivity contribution is -0.142. The molecular formula is C49H53ClN10O6S2. The van der Waals surface area contributed by atoms with Crippen molar-refractivity contribution < 1.29 is 29.0 Å². The van der Waals surface area contributed by atoms with Gasteiger partial charge in [0.2, 0.25) is 23.6 Å². The average molecular weight is 978 g/mol. The van der Waals surface area contributed by atoms with Gasteiger partial charge in [0.1, 0.15) is 41.3 Å². The first-order valence-electron chi connectivity index (χ1n) is 22.3. The van der Waals surface area contributed by atoms with Gasteiger partial charge in [0.05, 0.1) is 40.9 Å². The number of β-amino-alcohol motifs (C(OH)–C–C–N with tert-alkyl or cyclic N) is 1. The van der Waals surface area contributed by atoms with Gasteiger partial charge in [-0.15, -0.1) is 32.9 Å². The number of rotatable bonds is 14. The number of aliphatic hydroxyl groups excluding tert-OH is 1. The first kappa shape index (κ1) is 48.1. The highest BCUT2D eigenvalue weighted by atomic mass is 35.5. The molecule has 6 heterocycles. The van der Waals surface area contributed by atoms with E-state index in [4.69, 9.17) is 21.3 Å². The number of likely N-dealkylation sites (tertiary alicyclic amines) is 1. The highest BCUT2D eigenvalue weighted by Crippen LogP contribution is 2.40. The van der Waals surface area contributed by atoms with Gasteiger partial charge in [-0.05, 0) is 68.0 Å². The van der Waals surface area contributed by atoms with Gasteiger partial charge in [-0.1, -0.05) is 74.8 Å². The van der Waals surface area contributed by atoms with Crippen molar-refractivity contribution in [3.63, 3.8) is 0 Å². The number of thiazole rings is 1. The molecule has 1 unspecified atom stereocenters. The predicted octanol–water partition coefficient (Wildman–Crippen LogP) is 6.63. The van der Waals surface area contributed by atoms with Crippen molar-refractivity contribution in [2.75, 3.05) is 19.7 Å². The number of halogens is 1. The number of aliphatic hydroxyl groups is 1. The zero-order valence-electron chi connectivity index (χ0n) is 38.8. The number of aromatic nitrogens is 5. The summed E-state index contributed by atoms with van der Waals surface area (Å²) in [5, 5.41) is 29.8. The lowest BCUT2D eigenvalue weighted by atomic mass is 9.85. The first-order valence-corrected chi connectivity index (χ1v) is 24.3. The molecule has 4 amide bonds. The summed E-state index contributed by atoms with van der Waals surface area (Å²) in [6, 6.07) is 17.4. The summed E-state index contributed by atoms with van der Waals surface area (Å²) in [7, 11) is 0. The maximum atomic E-state index is 14.2. The Labute approximate surface area is 407 Å². The molecule has 68 heavy (non-hydrogen) atoms. The summed E-state index contributed by atoms with van der Waals surface area (Å²) in [6.45, 7) is 13.8. The lowest BCUT2D eigenvalue weighted by Crippen LogP contribution is -2.57. The first-order chi connectivity index (χ1) is 32.5. The number of aryl methyl sites for hydroxylation is 3. The molecule has 4 atom stereocenters. The highest BCUT2D eigenvalue weighted by Gasteiger charge is 2.45. The number of carbonyl (C=O) groups is 4. The second-order valence-corrected chi connectivity index (χ2v) is 20.5. The van der Waals surface area contributed by atoms with Crippen LogP contribution in [0.15, 0.2) is 77.2 Å². The van der Waals surface area contributed by atoms with E-state index in [0.717, 1.165) is 54.0 Å². The molecule has 1 fully saturated rings. The number of nitrogens with one attached hydrogen (secondary N) is 3. The number of nitrogens with zero attached hydrogens (tertiary/aromatic N) is 7. The molecule has 2 aliphatic rings. The quantitative estimate of drug-likeness (QED) is 0.0857. The van der Waals surface area contributed by atoms with E-state index in [1.165, 1.54) is 11.0 Å². The Morgan fingerprint density at radius 1 is 0.956 bits per heavy atom. The molecule has 4 aromatic heterocycles. The van der Waals surface area contributed by atoms with Gasteiger partial charge >= 0.3 is 0 Å². The number of benzene rings is 2. The summed E-state index contributed by atoms with van der Waals surface area (Å²) in [4.78, 5) is 72.5. The molecule has 2 aromatic carbocycles. The van der Waals surface area contributed by atoms with Gasteiger partial charge in [0, 0.05) is 46.6 Å². The van der Waals surface area contributed by atoms with Gasteiger partial charge in [-0.25, -0.2) is 9.97 Å². The molecule has 8 rings (SSSR count). The highest BCUT2D eigenvalue weighted by molar-refractivity contribution is 7.15. The van der Waals surface area contributed by atoms with Gasteiger partial charge in [0.25, 0.3) is 5.91 Å². The van der Waals surface area contributed by atoms with Crippen LogP contribution in [-0.4, -0.2) is 102 Å². The van der Waals surface area contributed by atoms with E-state index >= 15 is 0 Å². The zero-order valence-corrected chi connectivity index (χ0v) is 41.2. The summed E-state index contributed by atoms with van der Waals surface area (Å²) in [5.74, 6) is -0.409. The van der Waals surface area contributed by atoms with Crippen LogP contribution in [0.1, 0.15) is 94.6 Å². The average Bonchev–Trinajstić information content (AvgIpc) is 4.08. The van der Waals surface area contributed by atoms with E-state index < -0.39 is 47.4 Å². The number of fused-ring (bicyclic) bond motifs is 3. The van der Waals surface area contributed by atoms with Crippen LogP contribution in [-0.2, 0) is 20.9 Å². The number of ether oxygens (including phenoxy) is 1. The van der Waals surface area contributed by atoms with Crippen molar-refractivity contribution in [3.8, 4) is 21.3 Å². The Hall–Kier alpha value is -6.34. The van der Waals surface area contributed by atoms with E-state index in [0.29, 0.717) is 16.7 Å². The van der Waals surface area contributed by atoms with Gasteiger partial charge in [0.15, 0.2) is 5.82 Å². The summed E-state index contributed by atoms with van der Waals surface area (Å²) in [6.07, 6.45) is -0.860. The number of amides is 4. The van der Waals surface area contributed by atoms with Crippen LogP contribution in [0.2, 0.25) is 5.02 Å². The Kier molecular flexibility index (Phi) is 14.2. The van der Waals surface area contributed by atoms with Crippen molar-refractivity contribution in [1.82, 2.24) is 45.6 Å². The normalized spacial score (nSPS) is 17.1. The van der Waals surface area contributed by atoms with Crippen molar-refractivity contribution in [2.24, 2.45) is 10.4 Å². The third kappa shape index (κ3) is 10.4. The molecular weight excluding hydrogens is 924 g/mol. The molecule has 0 bridgehead atoms. The van der Waals surface area contributed by atoms with E-state index in [1.807, 2.05) is 87.7 Å². The summed E-state index contributed by atoms with van der Waals surface area (Å²) in [5.41, 5.74) is 7.56. The predicted molar refractivity (Wildman–Crippen MR) is 262 cm³/mol. The van der Waals surface area contributed by atoms with E-state index in [-0.39, 0.29) is 56.6 Å². The molecule has 0 radical (unpaired) electrons. The van der Waals surface area contributed by atoms with Crippen molar-refractivity contribution in [2.45, 2.75) is 92.1 Å². The standard InChI is InChI=1S/C49H53ClN10O6S2/c1-26-28(3)68-48-40(26)41(31-15-17-33(50)18-16-31)55-36(44-58-57-29(4)60(44)48)22-38(62)51-19-20-66-39-10-8-9-35(54-39)45(63)56-43(49(5,6)7)47(65)59-24-34(61)21-37(59)46(64)52-23-30-11-13-32(14-12-30)42-27(2)53-25-67-42/h8-18,25,34,36-37,43,61H,19-24H2,1-7H3,(H,51,62)(H,52,64)(H,56,63)/t34-,36?,37+,43-/m1/s1. The minimum Gasteiger partial charge on any atom is -0.476 e. The number of hydrogen-bond acceptors (Lipinski definition) is 13. The lowest BCUT2D eigenvalue weighted by Gasteiger charge is -2.35. The van der Waals surface area contributed by atoms with Crippen LogP contribution in [0.3, 0.4) is 0 Å². The Morgan fingerprint density at radius 3 is 2.40 bits per heavy atom. The van der Waals surface area contributed by atoms with Crippen molar-refractivity contribution in [1.29, 1.82) is 0 Å². The van der Waals surface area contributed by atoms with Crippen LogP contribution in [0.5, 0.6) is 5.88 Å². The molecule has 2 aliphatic heterocycles. The number of hydrogen-bond donors (Lipinski definition) is 4. The summed E-state index contributed by atoms with van der Waals surface area (Å²) >= 11 is 9.45. The monoisotopic (exact) mass is 976 g/mol.